The van der Waals surface area contributed by atoms with E-state index in [9.17, 15) is 19.5 Å². The van der Waals surface area contributed by atoms with E-state index in [-0.39, 0.29) is 24.7 Å². The van der Waals surface area contributed by atoms with Crippen LogP contribution in [-0.4, -0.2) is 17.8 Å². The number of hydrogen-bond donors (Lipinski definition) is 2. The Bertz CT molecular complexity index is 742. The van der Waals surface area contributed by atoms with E-state index in [0.29, 0.717) is 11.4 Å². The molecule has 2 aromatic rings. The summed E-state index contributed by atoms with van der Waals surface area (Å²) < 4.78 is 0. The average molecular weight is 339 g/mol. The van der Waals surface area contributed by atoms with Gasteiger partial charge in [-0.2, -0.15) is 0 Å². The first-order valence-electron chi connectivity index (χ1n) is 7.86. The minimum Gasteiger partial charge on any atom is -0.550 e. The predicted molar refractivity (Wildman–Crippen MR) is 92.8 cm³/mol. The smallest absolute Gasteiger partial charge is 0.224 e. The van der Waals surface area contributed by atoms with Crippen LogP contribution in [0.15, 0.2) is 54.6 Å². The molecule has 0 unspecified atom stereocenters. The van der Waals surface area contributed by atoms with Crippen LogP contribution in [0.25, 0.3) is 0 Å². The first kappa shape index (κ1) is 18.2. The Kier molecular flexibility index (Phi) is 6.28. The van der Waals surface area contributed by atoms with Gasteiger partial charge in [0.25, 0.3) is 0 Å². The molecule has 2 N–H and O–H groups in total. The van der Waals surface area contributed by atoms with E-state index in [2.05, 4.69) is 10.6 Å². The predicted octanol–water partition coefficient (Wildman–Crippen LogP) is 1.90. The topological polar surface area (TPSA) is 98.3 Å². The number of nitrogens with one attached hydrogen (secondary N) is 2. The molecule has 0 heterocycles. The summed E-state index contributed by atoms with van der Waals surface area (Å²) in [5, 5.41) is 16.3. The van der Waals surface area contributed by atoms with Gasteiger partial charge in [0.05, 0.1) is 0 Å². The Morgan fingerprint density at radius 1 is 0.880 bits per heavy atom. The zero-order valence-corrected chi connectivity index (χ0v) is 13.8. The minimum atomic E-state index is -1.19. The van der Waals surface area contributed by atoms with E-state index in [1.54, 1.807) is 48.5 Å². The quantitative estimate of drug-likeness (QED) is 0.805. The van der Waals surface area contributed by atoms with Gasteiger partial charge in [0.1, 0.15) is 0 Å². The van der Waals surface area contributed by atoms with Gasteiger partial charge in [-0.1, -0.05) is 30.3 Å². The molecule has 0 aromatic heterocycles. The van der Waals surface area contributed by atoms with Crippen molar-refractivity contribution in [2.75, 3.05) is 10.6 Å². The SMILES string of the molecule is CC(=O)Nc1ccc(NC(=O)C[C@H](CC(=O)[O-])c2ccccc2)cc1. The maximum absolute atomic E-state index is 12.2. The van der Waals surface area contributed by atoms with Gasteiger partial charge in [0, 0.05) is 30.7 Å². The number of carboxylic acid groups (broad SMARTS) is 1. The molecule has 0 radical (unpaired) electrons. The Hall–Kier alpha value is -3.15. The van der Waals surface area contributed by atoms with E-state index in [0.717, 1.165) is 5.56 Å². The van der Waals surface area contributed by atoms with Crippen LogP contribution in [0.5, 0.6) is 0 Å². The number of aliphatic carboxylic acids is 1. The molecule has 0 saturated heterocycles. The molecule has 0 saturated carbocycles. The van der Waals surface area contributed by atoms with Crippen LogP contribution >= 0.6 is 0 Å². The van der Waals surface area contributed by atoms with Crippen molar-refractivity contribution in [3.8, 4) is 0 Å². The van der Waals surface area contributed by atoms with Gasteiger partial charge in [0.2, 0.25) is 11.8 Å². The number of hydrogen-bond acceptors (Lipinski definition) is 4. The van der Waals surface area contributed by atoms with Crippen molar-refractivity contribution in [2.24, 2.45) is 0 Å². The molecule has 0 spiro atoms. The number of amides is 2. The molecule has 1 atom stereocenters. The summed E-state index contributed by atoms with van der Waals surface area (Å²) in [4.78, 5) is 34.2. The molecule has 6 nitrogen and oxygen atoms in total. The fourth-order valence-corrected chi connectivity index (χ4v) is 2.51. The minimum absolute atomic E-state index is 0.0332. The van der Waals surface area contributed by atoms with Gasteiger partial charge in [-0.05, 0) is 42.2 Å². The molecule has 130 valence electrons. The highest BCUT2D eigenvalue weighted by atomic mass is 16.4. The monoisotopic (exact) mass is 339 g/mol. The lowest BCUT2D eigenvalue weighted by Gasteiger charge is -2.18. The van der Waals surface area contributed by atoms with E-state index in [1.807, 2.05) is 6.07 Å². The maximum atomic E-state index is 12.2. The van der Waals surface area contributed by atoms with Gasteiger partial charge in [-0.15, -0.1) is 0 Å². The number of anilines is 2. The molecule has 2 aromatic carbocycles. The first-order valence-corrected chi connectivity index (χ1v) is 7.86. The summed E-state index contributed by atoms with van der Waals surface area (Å²) in [5.74, 6) is -2.11. The largest absolute Gasteiger partial charge is 0.550 e. The second kappa shape index (κ2) is 8.63. The third-order valence-corrected chi connectivity index (χ3v) is 3.60. The Morgan fingerprint density at radius 3 is 1.96 bits per heavy atom. The molecule has 6 heteroatoms. The summed E-state index contributed by atoms with van der Waals surface area (Å²) in [6.45, 7) is 1.41. The molecule has 0 bridgehead atoms. The van der Waals surface area contributed by atoms with Crippen molar-refractivity contribution in [2.45, 2.75) is 25.7 Å². The third-order valence-electron chi connectivity index (χ3n) is 3.60. The number of carbonyl (C=O) groups excluding carboxylic acids is 3. The maximum Gasteiger partial charge on any atom is 0.224 e. The van der Waals surface area contributed by atoms with Crippen LogP contribution in [0.3, 0.4) is 0 Å². The highest BCUT2D eigenvalue weighted by Crippen LogP contribution is 2.24. The molecule has 0 aliphatic carbocycles. The zero-order chi connectivity index (χ0) is 18.2. The van der Waals surface area contributed by atoms with E-state index < -0.39 is 11.9 Å². The molecule has 0 fully saturated rings. The number of carbonyl (C=O) groups is 3. The summed E-state index contributed by atoms with van der Waals surface area (Å²) >= 11 is 0. The number of benzene rings is 2. The van der Waals surface area contributed by atoms with Gasteiger partial charge in [-0.25, -0.2) is 0 Å². The van der Waals surface area contributed by atoms with E-state index >= 15 is 0 Å². The van der Waals surface area contributed by atoms with E-state index in [1.165, 1.54) is 6.92 Å². The summed E-state index contributed by atoms with van der Waals surface area (Å²) in [6, 6.07) is 15.7. The van der Waals surface area contributed by atoms with Crippen LogP contribution in [-0.2, 0) is 14.4 Å². The standard InChI is InChI=1S/C19H20N2O4/c1-13(22)20-16-7-9-17(10-8-16)21-18(23)11-15(12-19(24)25)14-5-3-2-4-6-14/h2-10,15H,11-12H2,1H3,(H,20,22)(H,21,23)(H,24,25)/p-1/t15-/m1/s1. The lowest BCUT2D eigenvalue weighted by atomic mass is 9.92. The highest BCUT2D eigenvalue weighted by Gasteiger charge is 2.16. The Balaban J connectivity index is 2.01. The van der Waals surface area contributed by atoms with Crippen molar-refractivity contribution >= 4 is 29.2 Å². The molecule has 0 aliphatic rings. The highest BCUT2D eigenvalue weighted by molar-refractivity contribution is 5.92. The molecule has 25 heavy (non-hydrogen) atoms. The first-order chi connectivity index (χ1) is 11.9. The lowest BCUT2D eigenvalue weighted by molar-refractivity contribution is -0.306. The van der Waals surface area contributed by atoms with Gasteiger partial charge >= 0.3 is 0 Å². The lowest BCUT2D eigenvalue weighted by Crippen LogP contribution is -2.26. The average Bonchev–Trinajstić information content (AvgIpc) is 2.56. The molecular weight excluding hydrogens is 320 g/mol. The van der Waals surface area contributed by atoms with Crippen LogP contribution in [0.1, 0.15) is 31.2 Å². The zero-order valence-electron chi connectivity index (χ0n) is 13.8. The van der Waals surface area contributed by atoms with Crippen molar-refractivity contribution in [1.29, 1.82) is 0 Å². The van der Waals surface area contributed by atoms with Crippen LogP contribution < -0.4 is 15.7 Å². The third kappa shape index (κ3) is 6.10. The Morgan fingerprint density at radius 2 is 1.44 bits per heavy atom. The summed E-state index contributed by atoms with van der Waals surface area (Å²) in [6.07, 6.45) is -0.190. The fraction of sp³-hybridized carbons (Fsp3) is 0.211. The van der Waals surface area contributed by atoms with Gasteiger partial charge < -0.3 is 20.5 Å². The number of rotatable bonds is 7. The van der Waals surface area contributed by atoms with Crippen molar-refractivity contribution in [1.82, 2.24) is 0 Å². The molecular formula is C19H19N2O4-. The van der Waals surface area contributed by atoms with Crippen molar-refractivity contribution < 1.29 is 19.5 Å². The molecule has 0 aliphatic heterocycles. The van der Waals surface area contributed by atoms with Crippen LogP contribution in [0.2, 0.25) is 0 Å². The summed E-state index contributed by atoms with van der Waals surface area (Å²) in [7, 11) is 0. The second-order valence-electron chi connectivity index (χ2n) is 5.69. The molecule has 2 rings (SSSR count). The summed E-state index contributed by atoms with van der Waals surface area (Å²) in [5.41, 5.74) is 1.98. The fourth-order valence-electron chi connectivity index (χ4n) is 2.51. The molecule has 2 amide bonds. The second-order valence-corrected chi connectivity index (χ2v) is 5.69. The van der Waals surface area contributed by atoms with Crippen LogP contribution in [0.4, 0.5) is 11.4 Å². The van der Waals surface area contributed by atoms with Gasteiger partial charge in [-0.3, -0.25) is 9.59 Å². The van der Waals surface area contributed by atoms with Gasteiger partial charge in [0.15, 0.2) is 0 Å². The van der Waals surface area contributed by atoms with E-state index in [4.69, 9.17) is 0 Å². The number of carboxylic acids is 1. The normalized spacial score (nSPS) is 11.4. The van der Waals surface area contributed by atoms with Crippen LogP contribution in [0, 0.1) is 0 Å². The van der Waals surface area contributed by atoms with Crippen molar-refractivity contribution in [3.63, 3.8) is 0 Å². The Labute approximate surface area is 145 Å². The van der Waals surface area contributed by atoms with Crippen molar-refractivity contribution in [3.05, 3.63) is 60.2 Å².